The summed E-state index contributed by atoms with van der Waals surface area (Å²) in [7, 11) is 6.00. The van der Waals surface area contributed by atoms with Crippen molar-refractivity contribution in [2.24, 2.45) is 0 Å². The van der Waals surface area contributed by atoms with Crippen LogP contribution >= 0.6 is 0 Å². The van der Waals surface area contributed by atoms with Crippen molar-refractivity contribution in [3.63, 3.8) is 0 Å². The summed E-state index contributed by atoms with van der Waals surface area (Å²) < 4.78 is 1.39. The van der Waals surface area contributed by atoms with E-state index in [1.807, 2.05) is 12.1 Å². The summed E-state index contributed by atoms with van der Waals surface area (Å²) >= 11 is 0. The van der Waals surface area contributed by atoms with Gasteiger partial charge in [-0.25, -0.2) is 0 Å². The third kappa shape index (κ3) is 1.61. The number of aryl methyl sites for hydroxylation is 2. The molecule has 0 bridgehead atoms. The normalized spacial score (nSPS) is 12.8. The summed E-state index contributed by atoms with van der Waals surface area (Å²) in [5.74, 6) is 0. The number of nitrogens with zero attached hydrogens (tertiary/aromatic N) is 3. The highest BCUT2D eigenvalue weighted by molar-refractivity contribution is 6.09. The Morgan fingerprint density at radius 2 is 1.45 bits per heavy atom. The molecule has 0 fully saturated rings. The Morgan fingerprint density at radius 1 is 0.850 bits per heavy atom. The lowest BCUT2D eigenvalue weighted by atomic mass is 9.89. The fourth-order valence-corrected chi connectivity index (χ4v) is 2.93. The van der Waals surface area contributed by atoms with Crippen molar-refractivity contribution in [3.8, 4) is 22.5 Å². The van der Waals surface area contributed by atoms with E-state index >= 15 is 0 Å². The topological polar surface area (TPSA) is 30.7 Å². The van der Waals surface area contributed by atoms with Gasteiger partial charge in [0.25, 0.3) is 7.98 Å². The van der Waals surface area contributed by atoms with Gasteiger partial charge >= 0.3 is 0 Å². The summed E-state index contributed by atoms with van der Waals surface area (Å²) in [6, 6.07) is 16.7. The molecule has 1 heterocycles. The van der Waals surface area contributed by atoms with Crippen molar-refractivity contribution in [1.82, 2.24) is 14.9 Å². The van der Waals surface area contributed by atoms with Crippen molar-refractivity contribution in [3.05, 3.63) is 59.7 Å². The summed E-state index contributed by atoms with van der Waals surface area (Å²) in [5.41, 5.74) is 6.61. The van der Waals surface area contributed by atoms with Crippen LogP contribution < -0.4 is 0 Å². The van der Waals surface area contributed by atoms with Crippen LogP contribution in [0.15, 0.2) is 48.5 Å². The van der Waals surface area contributed by atoms with Gasteiger partial charge in [-0.2, -0.15) is 0 Å². The first-order valence-electron chi connectivity index (χ1n) is 6.72. The zero-order valence-electron chi connectivity index (χ0n) is 11.0. The van der Waals surface area contributed by atoms with E-state index in [9.17, 15) is 0 Å². The molecule has 0 saturated carbocycles. The van der Waals surface area contributed by atoms with E-state index in [2.05, 4.69) is 46.7 Å². The second-order valence-electron chi connectivity index (χ2n) is 5.05. The van der Waals surface area contributed by atoms with E-state index in [0.717, 1.165) is 35.4 Å². The van der Waals surface area contributed by atoms with Crippen LogP contribution in [-0.4, -0.2) is 22.9 Å². The molecule has 20 heavy (non-hydrogen) atoms. The monoisotopic (exact) mass is 257 g/mol. The molecule has 1 aromatic heterocycles. The second-order valence-corrected chi connectivity index (χ2v) is 5.05. The van der Waals surface area contributed by atoms with Crippen LogP contribution in [0.5, 0.6) is 0 Å². The van der Waals surface area contributed by atoms with Crippen molar-refractivity contribution in [2.75, 3.05) is 0 Å². The van der Waals surface area contributed by atoms with Gasteiger partial charge in [-0.1, -0.05) is 53.7 Å². The molecule has 0 amide bonds. The van der Waals surface area contributed by atoms with Gasteiger partial charge in [-0.05, 0) is 24.0 Å². The van der Waals surface area contributed by atoms with E-state index in [-0.39, 0.29) is 0 Å². The van der Waals surface area contributed by atoms with E-state index in [1.165, 1.54) is 15.7 Å². The molecule has 0 saturated heterocycles. The second kappa shape index (κ2) is 4.34. The van der Waals surface area contributed by atoms with Crippen LogP contribution in [0.25, 0.3) is 22.5 Å². The maximum atomic E-state index is 6.00. The fraction of sp³-hybridized carbons (Fsp3) is 0.125. The van der Waals surface area contributed by atoms with Crippen molar-refractivity contribution < 1.29 is 0 Å². The van der Waals surface area contributed by atoms with Crippen molar-refractivity contribution in [2.45, 2.75) is 12.8 Å². The lowest BCUT2D eigenvalue weighted by Gasteiger charge is -2.17. The Morgan fingerprint density at radius 3 is 2.20 bits per heavy atom. The fourth-order valence-electron chi connectivity index (χ4n) is 2.93. The van der Waals surface area contributed by atoms with E-state index in [0.29, 0.717) is 0 Å². The molecule has 2 aromatic carbocycles. The first-order chi connectivity index (χ1) is 9.84. The Balaban J connectivity index is 2.08. The highest BCUT2D eigenvalue weighted by Gasteiger charge is 2.21. The van der Waals surface area contributed by atoms with E-state index < -0.39 is 0 Å². The molecule has 0 unspecified atom stereocenters. The third-order valence-corrected chi connectivity index (χ3v) is 3.90. The standard InChI is InChI=1S/C16H12BN3/c17-20-16-14-8-4-2-6-12(14)10-9-11-5-1-3-7-13(11)15(16)18-19-20/h1-8H,9-10H2. The Hall–Kier alpha value is -2.36. The predicted molar refractivity (Wildman–Crippen MR) is 79.5 cm³/mol. The molecule has 0 atom stereocenters. The van der Waals surface area contributed by atoms with Gasteiger partial charge in [0.05, 0.1) is 5.69 Å². The third-order valence-electron chi connectivity index (χ3n) is 3.90. The average Bonchev–Trinajstić information content (AvgIpc) is 2.85. The Kier molecular flexibility index (Phi) is 2.49. The zero-order chi connectivity index (χ0) is 13.5. The summed E-state index contributed by atoms with van der Waals surface area (Å²) in [5, 5.41) is 8.31. The molecule has 1 aliphatic carbocycles. The minimum atomic E-state index is 0.871. The molecule has 0 N–H and O–H groups in total. The van der Waals surface area contributed by atoms with Crippen LogP contribution in [-0.2, 0) is 12.8 Å². The molecule has 3 aromatic rings. The van der Waals surface area contributed by atoms with Crippen LogP contribution in [0.1, 0.15) is 11.1 Å². The molecular formula is C16H12BN3. The minimum Gasteiger partial charge on any atom is -0.303 e. The number of hydrogen-bond acceptors (Lipinski definition) is 2. The largest absolute Gasteiger partial charge is 0.303 e. The van der Waals surface area contributed by atoms with Crippen LogP contribution in [0, 0.1) is 0 Å². The van der Waals surface area contributed by atoms with E-state index in [1.54, 1.807) is 0 Å². The van der Waals surface area contributed by atoms with Crippen LogP contribution in [0.3, 0.4) is 0 Å². The summed E-state index contributed by atoms with van der Waals surface area (Å²) in [6.45, 7) is 0. The van der Waals surface area contributed by atoms with Gasteiger partial charge in [0.1, 0.15) is 5.69 Å². The molecule has 1 aliphatic rings. The minimum absolute atomic E-state index is 0.871. The molecule has 0 aliphatic heterocycles. The maximum Gasteiger partial charge on any atom is 0.267 e. The van der Waals surface area contributed by atoms with Gasteiger partial charge in [0.15, 0.2) is 0 Å². The molecule has 4 heteroatoms. The van der Waals surface area contributed by atoms with Crippen molar-refractivity contribution in [1.29, 1.82) is 0 Å². The van der Waals surface area contributed by atoms with Crippen LogP contribution in [0.4, 0.5) is 0 Å². The molecular weight excluding hydrogens is 245 g/mol. The SMILES string of the molecule is [B]n1nnc2c1-c1ccccc1CCc1ccccc1-2. The first-order valence-corrected chi connectivity index (χ1v) is 6.72. The molecule has 4 rings (SSSR count). The zero-order valence-corrected chi connectivity index (χ0v) is 11.0. The number of hydrogen-bond donors (Lipinski definition) is 0. The number of aromatic nitrogens is 3. The highest BCUT2D eigenvalue weighted by atomic mass is 15.4. The van der Waals surface area contributed by atoms with Crippen LogP contribution in [0.2, 0.25) is 0 Å². The number of rotatable bonds is 0. The van der Waals surface area contributed by atoms with Gasteiger partial charge < -0.3 is 4.59 Å². The van der Waals surface area contributed by atoms with Gasteiger partial charge in [-0.3, -0.25) is 0 Å². The maximum absolute atomic E-state index is 6.00. The Bertz CT molecular complexity index is 792. The van der Waals surface area contributed by atoms with Gasteiger partial charge in [0.2, 0.25) is 0 Å². The highest BCUT2D eigenvalue weighted by Crippen LogP contribution is 2.36. The predicted octanol–water partition coefficient (Wildman–Crippen LogP) is 2.64. The smallest absolute Gasteiger partial charge is 0.267 e. The molecule has 2 radical (unpaired) electrons. The molecule has 0 spiro atoms. The summed E-state index contributed by atoms with van der Waals surface area (Å²) in [6.07, 6.45) is 2.00. The lowest BCUT2D eigenvalue weighted by Crippen LogP contribution is -2.04. The Labute approximate surface area is 118 Å². The average molecular weight is 257 g/mol. The van der Waals surface area contributed by atoms with Gasteiger partial charge in [0, 0.05) is 11.1 Å². The van der Waals surface area contributed by atoms with Gasteiger partial charge in [-0.15, -0.1) is 5.10 Å². The lowest BCUT2D eigenvalue weighted by molar-refractivity contribution is 0.882. The van der Waals surface area contributed by atoms with E-state index in [4.69, 9.17) is 7.98 Å². The number of fused-ring (bicyclic) bond motifs is 5. The number of benzene rings is 2. The molecule has 3 nitrogen and oxygen atoms in total. The first kappa shape index (κ1) is 11.5. The van der Waals surface area contributed by atoms with Crippen molar-refractivity contribution >= 4 is 7.98 Å². The quantitative estimate of drug-likeness (QED) is 0.579. The summed E-state index contributed by atoms with van der Waals surface area (Å²) in [4.78, 5) is 0. The molecule has 94 valence electrons.